The third-order valence-electron chi connectivity index (χ3n) is 4.08. The lowest BCUT2D eigenvalue weighted by Crippen LogP contribution is -2.48. The Kier molecular flexibility index (Phi) is 3.79. The van der Waals surface area contributed by atoms with Crippen LogP contribution in [0, 0.1) is 0 Å². The summed E-state index contributed by atoms with van der Waals surface area (Å²) in [7, 11) is 0. The zero-order valence-corrected chi connectivity index (χ0v) is 12.2. The lowest BCUT2D eigenvalue weighted by atomic mass is 10.1. The molecule has 3 rings (SSSR count). The number of benzene rings is 1. The van der Waals surface area contributed by atoms with Gasteiger partial charge < -0.3 is 9.32 Å². The number of furan rings is 1. The molecule has 106 valence electrons. The molecule has 0 unspecified atom stereocenters. The van der Waals surface area contributed by atoms with Crippen LogP contribution >= 0.6 is 0 Å². The van der Waals surface area contributed by atoms with Crippen molar-refractivity contribution in [1.29, 1.82) is 0 Å². The first-order chi connectivity index (χ1) is 9.74. The van der Waals surface area contributed by atoms with Crippen LogP contribution < -0.4 is 4.90 Å². The van der Waals surface area contributed by atoms with E-state index >= 15 is 0 Å². The molecule has 0 amide bonds. The van der Waals surface area contributed by atoms with Crippen LogP contribution in [0.15, 0.2) is 47.1 Å². The Hall–Kier alpha value is -1.74. The Morgan fingerprint density at radius 3 is 2.20 bits per heavy atom. The van der Waals surface area contributed by atoms with E-state index in [1.165, 1.54) is 5.69 Å². The summed E-state index contributed by atoms with van der Waals surface area (Å²) < 4.78 is 5.43. The fourth-order valence-electron chi connectivity index (χ4n) is 2.78. The second kappa shape index (κ2) is 5.71. The van der Waals surface area contributed by atoms with E-state index < -0.39 is 0 Å². The van der Waals surface area contributed by atoms with Gasteiger partial charge in [0.05, 0.1) is 6.26 Å². The highest BCUT2D eigenvalue weighted by Gasteiger charge is 2.18. The predicted molar refractivity (Wildman–Crippen MR) is 83.1 cm³/mol. The summed E-state index contributed by atoms with van der Waals surface area (Å²) >= 11 is 0. The summed E-state index contributed by atoms with van der Waals surface area (Å²) in [4.78, 5) is 5.00. The molecular formula is C17H22N2O. The molecule has 1 fully saturated rings. The SMILES string of the molecule is CC(C)N1CCN(c2ccc(-c3ccco3)cc2)CC1. The van der Waals surface area contributed by atoms with E-state index in [9.17, 15) is 0 Å². The van der Waals surface area contributed by atoms with Gasteiger partial charge in [-0.25, -0.2) is 0 Å². The molecule has 0 spiro atoms. The number of piperazine rings is 1. The van der Waals surface area contributed by atoms with Crippen LogP contribution in [-0.2, 0) is 0 Å². The smallest absolute Gasteiger partial charge is 0.133 e. The molecule has 0 bridgehead atoms. The van der Waals surface area contributed by atoms with Crippen LogP contribution in [0.3, 0.4) is 0 Å². The van der Waals surface area contributed by atoms with Gasteiger partial charge in [-0.2, -0.15) is 0 Å². The van der Waals surface area contributed by atoms with Crippen LogP contribution in [-0.4, -0.2) is 37.1 Å². The quantitative estimate of drug-likeness (QED) is 0.851. The highest BCUT2D eigenvalue weighted by molar-refractivity contribution is 5.61. The Labute approximate surface area is 120 Å². The first-order valence-corrected chi connectivity index (χ1v) is 7.37. The first kappa shape index (κ1) is 13.3. The molecule has 3 heteroatoms. The maximum absolute atomic E-state index is 5.43. The average molecular weight is 270 g/mol. The van der Waals surface area contributed by atoms with E-state index in [2.05, 4.69) is 47.9 Å². The molecule has 0 saturated carbocycles. The van der Waals surface area contributed by atoms with Crippen LogP contribution in [0.25, 0.3) is 11.3 Å². The van der Waals surface area contributed by atoms with Gasteiger partial charge in [-0.05, 0) is 50.2 Å². The standard InChI is InChI=1S/C17H22N2O/c1-14(2)18-9-11-19(12-10-18)16-7-5-15(6-8-16)17-4-3-13-20-17/h3-8,13-14H,9-12H2,1-2H3. The van der Waals surface area contributed by atoms with E-state index in [0.29, 0.717) is 6.04 Å². The largest absolute Gasteiger partial charge is 0.464 e. The fraction of sp³-hybridized carbons (Fsp3) is 0.412. The highest BCUT2D eigenvalue weighted by atomic mass is 16.3. The van der Waals surface area contributed by atoms with Gasteiger partial charge in [0.1, 0.15) is 5.76 Å². The van der Waals surface area contributed by atoms with Gasteiger partial charge in [-0.3, -0.25) is 4.90 Å². The highest BCUT2D eigenvalue weighted by Crippen LogP contribution is 2.24. The summed E-state index contributed by atoms with van der Waals surface area (Å²) in [6, 6.07) is 13.3. The summed E-state index contributed by atoms with van der Waals surface area (Å²) in [6.45, 7) is 9.06. The van der Waals surface area contributed by atoms with Gasteiger partial charge in [-0.1, -0.05) is 0 Å². The molecule has 0 atom stereocenters. The van der Waals surface area contributed by atoms with E-state index in [-0.39, 0.29) is 0 Å². The minimum Gasteiger partial charge on any atom is -0.464 e. The summed E-state index contributed by atoms with van der Waals surface area (Å²) in [6.07, 6.45) is 1.72. The summed E-state index contributed by atoms with van der Waals surface area (Å²) in [5.41, 5.74) is 2.45. The predicted octanol–water partition coefficient (Wildman–Crippen LogP) is 3.48. The topological polar surface area (TPSA) is 19.6 Å². The van der Waals surface area contributed by atoms with E-state index in [1.54, 1.807) is 6.26 Å². The first-order valence-electron chi connectivity index (χ1n) is 7.37. The third-order valence-corrected chi connectivity index (χ3v) is 4.08. The molecule has 20 heavy (non-hydrogen) atoms. The Morgan fingerprint density at radius 2 is 1.65 bits per heavy atom. The van der Waals surface area contributed by atoms with Crippen molar-refractivity contribution in [1.82, 2.24) is 4.90 Å². The molecule has 3 nitrogen and oxygen atoms in total. The minimum atomic E-state index is 0.651. The molecular weight excluding hydrogens is 248 g/mol. The normalized spacial score (nSPS) is 16.9. The van der Waals surface area contributed by atoms with E-state index in [0.717, 1.165) is 37.5 Å². The third kappa shape index (κ3) is 2.73. The minimum absolute atomic E-state index is 0.651. The summed E-state index contributed by atoms with van der Waals surface area (Å²) in [5.74, 6) is 0.932. The monoisotopic (exact) mass is 270 g/mol. The number of nitrogens with zero attached hydrogens (tertiary/aromatic N) is 2. The van der Waals surface area contributed by atoms with Gasteiger partial charge >= 0.3 is 0 Å². The fourth-order valence-corrected chi connectivity index (χ4v) is 2.78. The Bertz CT molecular complexity index is 523. The number of rotatable bonds is 3. The zero-order chi connectivity index (χ0) is 13.9. The average Bonchev–Trinajstić information content (AvgIpc) is 3.02. The van der Waals surface area contributed by atoms with E-state index in [4.69, 9.17) is 4.42 Å². The van der Waals surface area contributed by atoms with Crippen LogP contribution in [0.5, 0.6) is 0 Å². The van der Waals surface area contributed by atoms with Gasteiger partial charge in [0.2, 0.25) is 0 Å². The van der Waals surface area contributed by atoms with Gasteiger partial charge in [-0.15, -0.1) is 0 Å². The van der Waals surface area contributed by atoms with Gasteiger partial charge in [0.15, 0.2) is 0 Å². The lowest BCUT2D eigenvalue weighted by Gasteiger charge is -2.38. The molecule has 2 heterocycles. The second-order valence-corrected chi connectivity index (χ2v) is 5.64. The maximum Gasteiger partial charge on any atom is 0.133 e. The van der Waals surface area contributed by atoms with Crippen LogP contribution in [0.4, 0.5) is 5.69 Å². The van der Waals surface area contributed by atoms with Crippen molar-refractivity contribution in [2.75, 3.05) is 31.1 Å². The molecule has 1 aliphatic rings. The van der Waals surface area contributed by atoms with Crippen LogP contribution in [0.2, 0.25) is 0 Å². The van der Waals surface area contributed by atoms with Crippen LogP contribution in [0.1, 0.15) is 13.8 Å². The molecule has 1 saturated heterocycles. The van der Waals surface area contributed by atoms with Crippen molar-refractivity contribution in [3.05, 3.63) is 42.7 Å². The van der Waals surface area contributed by atoms with Gasteiger partial charge in [0, 0.05) is 43.5 Å². The van der Waals surface area contributed by atoms with Crippen molar-refractivity contribution in [3.8, 4) is 11.3 Å². The van der Waals surface area contributed by atoms with Crippen molar-refractivity contribution in [3.63, 3.8) is 0 Å². The molecule has 1 aliphatic heterocycles. The van der Waals surface area contributed by atoms with Gasteiger partial charge in [0.25, 0.3) is 0 Å². The van der Waals surface area contributed by atoms with Crippen molar-refractivity contribution in [2.45, 2.75) is 19.9 Å². The second-order valence-electron chi connectivity index (χ2n) is 5.64. The van der Waals surface area contributed by atoms with E-state index in [1.807, 2.05) is 12.1 Å². The lowest BCUT2D eigenvalue weighted by molar-refractivity contribution is 0.209. The Morgan fingerprint density at radius 1 is 0.950 bits per heavy atom. The zero-order valence-electron chi connectivity index (χ0n) is 12.2. The van der Waals surface area contributed by atoms with Crippen molar-refractivity contribution in [2.24, 2.45) is 0 Å². The molecule has 1 aromatic carbocycles. The molecule has 0 N–H and O–H groups in total. The number of anilines is 1. The number of hydrogen-bond donors (Lipinski definition) is 0. The number of hydrogen-bond acceptors (Lipinski definition) is 3. The molecule has 0 aliphatic carbocycles. The van der Waals surface area contributed by atoms with Crippen molar-refractivity contribution >= 4 is 5.69 Å². The molecule has 1 aromatic heterocycles. The Balaban J connectivity index is 1.67. The molecule has 0 radical (unpaired) electrons. The maximum atomic E-state index is 5.43. The summed E-state index contributed by atoms with van der Waals surface area (Å²) in [5, 5.41) is 0. The molecule has 2 aromatic rings. The van der Waals surface area contributed by atoms with Crippen molar-refractivity contribution < 1.29 is 4.42 Å².